The molecule has 2 aromatic rings. The van der Waals surface area contributed by atoms with E-state index in [1.54, 1.807) is 20.2 Å². The molecular weight excluding hydrogens is 400 g/mol. The fraction of sp³-hybridized carbons (Fsp3) is 0.435. The van der Waals surface area contributed by atoms with Crippen LogP contribution in [-0.2, 0) is 16.7 Å². The number of ether oxygens (including phenoxy) is 2. The van der Waals surface area contributed by atoms with Crippen molar-refractivity contribution in [2.24, 2.45) is 0 Å². The SMILES string of the molecule is CNC(=O)c1cc2c(cc1OCCCOC)CC1(CCC1)n1cc(C(=O)O)c(=O)cc1-2. The summed E-state index contributed by atoms with van der Waals surface area (Å²) in [5.74, 6) is -1.02. The summed E-state index contributed by atoms with van der Waals surface area (Å²) in [6.07, 6.45) is 5.71. The van der Waals surface area contributed by atoms with E-state index in [9.17, 15) is 19.5 Å². The molecule has 2 heterocycles. The van der Waals surface area contributed by atoms with Gasteiger partial charge < -0.3 is 24.5 Å². The quantitative estimate of drug-likeness (QED) is 0.659. The number of amides is 1. The molecule has 1 amide bonds. The molecule has 31 heavy (non-hydrogen) atoms. The van der Waals surface area contributed by atoms with E-state index < -0.39 is 11.4 Å². The molecule has 1 aliphatic carbocycles. The molecule has 0 atom stereocenters. The number of fused-ring (bicyclic) bond motifs is 4. The van der Waals surface area contributed by atoms with Gasteiger partial charge in [-0.05, 0) is 43.4 Å². The Kier molecular flexibility index (Phi) is 5.58. The van der Waals surface area contributed by atoms with Crippen LogP contribution in [0.5, 0.6) is 5.75 Å². The summed E-state index contributed by atoms with van der Waals surface area (Å²) >= 11 is 0. The van der Waals surface area contributed by atoms with Crippen LogP contribution in [0.15, 0.2) is 29.2 Å². The van der Waals surface area contributed by atoms with Crippen molar-refractivity contribution in [2.75, 3.05) is 27.4 Å². The van der Waals surface area contributed by atoms with Crippen molar-refractivity contribution in [3.63, 3.8) is 0 Å². The van der Waals surface area contributed by atoms with Crippen molar-refractivity contribution >= 4 is 11.9 Å². The van der Waals surface area contributed by atoms with Gasteiger partial charge in [0, 0.05) is 50.6 Å². The van der Waals surface area contributed by atoms with E-state index in [-0.39, 0.29) is 17.0 Å². The van der Waals surface area contributed by atoms with Crippen molar-refractivity contribution in [1.29, 1.82) is 0 Å². The number of hydrogen-bond donors (Lipinski definition) is 2. The Morgan fingerprint density at radius 3 is 2.58 bits per heavy atom. The molecule has 1 aliphatic heterocycles. The van der Waals surface area contributed by atoms with Gasteiger partial charge in [-0.15, -0.1) is 0 Å². The predicted molar refractivity (Wildman–Crippen MR) is 114 cm³/mol. The van der Waals surface area contributed by atoms with Crippen molar-refractivity contribution in [3.8, 4) is 17.0 Å². The molecule has 4 rings (SSSR count). The molecule has 1 aromatic heterocycles. The van der Waals surface area contributed by atoms with Crippen LogP contribution in [0.3, 0.4) is 0 Å². The lowest BCUT2D eigenvalue weighted by molar-refractivity contribution is 0.0691. The summed E-state index contributed by atoms with van der Waals surface area (Å²) in [5, 5.41) is 12.1. The largest absolute Gasteiger partial charge is 0.493 e. The molecule has 0 unspecified atom stereocenters. The predicted octanol–water partition coefficient (Wildman–Crippen LogP) is 2.42. The average molecular weight is 426 g/mol. The van der Waals surface area contributed by atoms with Crippen LogP contribution in [-0.4, -0.2) is 48.9 Å². The molecule has 0 bridgehead atoms. The van der Waals surface area contributed by atoms with Crippen molar-refractivity contribution < 1.29 is 24.2 Å². The van der Waals surface area contributed by atoms with Crippen LogP contribution in [0, 0.1) is 0 Å². The third-order valence-electron chi connectivity index (χ3n) is 6.30. The lowest BCUT2D eigenvalue weighted by Crippen LogP contribution is -2.46. The average Bonchev–Trinajstić information content (AvgIpc) is 2.73. The molecule has 8 heteroatoms. The van der Waals surface area contributed by atoms with Gasteiger partial charge in [0.25, 0.3) is 5.91 Å². The van der Waals surface area contributed by atoms with Crippen LogP contribution in [0.4, 0.5) is 0 Å². The Bertz CT molecular complexity index is 1100. The minimum absolute atomic E-state index is 0.233. The van der Waals surface area contributed by atoms with Crippen LogP contribution < -0.4 is 15.5 Å². The number of carbonyl (C=O) groups excluding carboxylic acids is 1. The normalized spacial score (nSPS) is 15.5. The standard InChI is InChI=1S/C23H26N2O6/c1-24-21(27)16-10-15-14(9-20(16)31-8-4-7-30-2)12-23(5-3-6-23)25-13-17(22(28)29)19(26)11-18(15)25/h9-11,13H,3-8,12H2,1-2H3,(H,24,27)(H,28,29). The lowest BCUT2D eigenvalue weighted by Gasteiger charge is -2.48. The second-order valence-electron chi connectivity index (χ2n) is 8.15. The highest BCUT2D eigenvalue weighted by atomic mass is 16.5. The second kappa shape index (κ2) is 8.19. The Morgan fingerprint density at radius 2 is 1.97 bits per heavy atom. The number of nitrogens with one attached hydrogen (secondary N) is 1. The summed E-state index contributed by atoms with van der Waals surface area (Å²) in [7, 11) is 3.18. The van der Waals surface area contributed by atoms with Crippen LogP contribution in [0.1, 0.15) is 52.0 Å². The number of methoxy groups -OCH3 is 1. The van der Waals surface area contributed by atoms with Gasteiger partial charge in [0.2, 0.25) is 0 Å². The Labute approximate surface area is 179 Å². The van der Waals surface area contributed by atoms with Gasteiger partial charge in [0.1, 0.15) is 11.3 Å². The molecule has 1 saturated carbocycles. The third-order valence-corrected chi connectivity index (χ3v) is 6.30. The number of aromatic nitrogens is 1. The topological polar surface area (TPSA) is 107 Å². The molecule has 164 valence electrons. The number of carboxylic acids is 1. The number of carboxylic acid groups (broad SMARTS) is 1. The zero-order valence-electron chi connectivity index (χ0n) is 17.7. The number of hydrogen-bond acceptors (Lipinski definition) is 5. The Hall–Kier alpha value is -3.13. The zero-order valence-corrected chi connectivity index (χ0v) is 17.7. The van der Waals surface area contributed by atoms with E-state index >= 15 is 0 Å². The van der Waals surface area contributed by atoms with E-state index in [2.05, 4.69) is 5.32 Å². The van der Waals surface area contributed by atoms with E-state index in [1.165, 1.54) is 12.3 Å². The van der Waals surface area contributed by atoms with Crippen molar-refractivity contribution in [2.45, 2.75) is 37.6 Å². The molecular formula is C23H26N2O6. The number of nitrogens with zero attached hydrogens (tertiary/aromatic N) is 1. The number of benzene rings is 1. The molecule has 2 aliphatic rings. The smallest absolute Gasteiger partial charge is 0.341 e. The fourth-order valence-electron chi connectivity index (χ4n) is 4.56. The molecule has 2 N–H and O–H groups in total. The third kappa shape index (κ3) is 3.61. The molecule has 8 nitrogen and oxygen atoms in total. The first kappa shape index (κ1) is 21.1. The summed E-state index contributed by atoms with van der Waals surface area (Å²) in [5.41, 5.74) is 1.76. The maximum atomic E-state index is 12.6. The maximum absolute atomic E-state index is 12.6. The number of aromatic carboxylic acids is 1. The lowest BCUT2D eigenvalue weighted by atomic mass is 9.69. The van der Waals surface area contributed by atoms with E-state index in [0.29, 0.717) is 43.1 Å². The summed E-state index contributed by atoms with van der Waals surface area (Å²) in [4.78, 5) is 36.6. The van der Waals surface area contributed by atoms with E-state index in [0.717, 1.165) is 30.4 Å². The van der Waals surface area contributed by atoms with Gasteiger partial charge in [-0.3, -0.25) is 9.59 Å². The van der Waals surface area contributed by atoms with Gasteiger partial charge in [-0.1, -0.05) is 0 Å². The van der Waals surface area contributed by atoms with Gasteiger partial charge >= 0.3 is 5.97 Å². The van der Waals surface area contributed by atoms with E-state index in [1.807, 2.05) is 10.6 Å². The monoisotopic (exact) mass is 426 g/mol. The fourth-order valence-corrected chi connectivity index (χ4v) is 4.56. The molecule has 1 spiro atoms. The summed E-state index contributed by atoms with van der Waals surface area (Å²) in [6.45, 7) is 0.978. The van der Waals surface area contributed by atoms with Gasteiger partial charge in [0.05, 0.1) is 17.9 Å². The van der Waals surface area contributed by atoms with Gasteiger partial charge in [-0.2, -0.15) is 0 Å². The highest BCUT2D eigenvalue weighted by Gasteiger charge is 2.43. The summed E-state index contributed by atoms with van der Waals surface area (Å²) in [6, 6.07) is 5.02. The van der Waals surface area contributed by atoms with Crippen molar-refractivity contribution in [3.05, 3.63) is 51.3 Å². The highest BCUT2D eigenvalue weighted by molar-refractivity contribution is 5.98. The molecule has 1 aromatic carbocycles. The zero-order chi connectivity index (χ0) is 22.2. The number of rotatable bonds is 7. The van der Waals surface area contributed by atoms with Gasteiger partial charge in [-0.25, -0.2) is 4.79 Å². The minimum Gasteiger partial charge on any atom is -0.493 e. The summed E-state index contributed by atoms with van der Waals surface area (Å²) < 4.78 is 12.9. The first-order valence-corrected chi connectivity index (χ1v) is 10.4. The first-order valence-electron chi connectivity index (χ1n) is 10.4. The Balaban J connectivity index is 1.85. The van der Waals surface area contributed by atoms with E-state index in [4.69, 9.17) is 9.47 Å². The molecule has 1 fully saturated rings. The Morgan fingerprint density at radius 1 is 1.19 bits per heavy atom. The van der Waals surface area contributed by atoms with Crippen LogP contribution >= 0.6 is 0 Å². The second-order valence-corrected chi connectivity index (χ2v) is 8.15. The van der Waals surface area contributed by atoms with Crippen LogP contribution in [0.25, 0.3) is 11.3 Å². The molecule has 0 radical (unpaired) electrons. The van der Waals surface area contributed by atoms with Gasteiger partial charge in [0.15, 0.2) is 5.43 Å². The highest BCUT2D eigenvalue weighted by Crippen LogP contribution is 2.49. The number of carbonyl (C=O) groups is 2. The maximum Gasteiger partial charge on any atom is 0.341 e. The number of pyridine rings is 1. The van der Waals surface area contributed by atoms with Crippen LogP contribution in [0.2, 0.25) is 0 Å². The minimum atomic E-state index is -1.23. The van der Waals surface area contributed by atoms with Crippen molar-refractivity contribution in [1.82, 2.24) is 9.88 Å². The first-order chi connectivity index (χ1) is 14.9. The molecule has 0 saturated heterocycles.